The summed E-state index contributed by atoms with van der Waals surface area (Å²) in [5.41, 5.74) is 2.79. The van der Waals surface area contributed by atoms with E-state index in [2.05, 4.69) is 32.8 Å². The molecule has 4 aromatic carbocycles. The largest absolute Gasteiger partial charge is 0.486 e. The van der Waals surface area contributed by atoms with Gasteiger partial charge in [0.25, 0.3) is 11.8 Å². The second-order valence-corrected chi connectivity index (χ2v) is 13.2. The Morgan fingerprint density at radius 1 is 1.04 bits per heavy atom. The van der Waals surface area contributed by atoms with E-state index in [-0.39, 0.29) is 39.8 Å². The van der Waals surface area contributed by atoms with Crippen LogP contribution in [-0.2, 0) is 21.0 Å². The number of amidine groups is 1. The molecule has 0 unspecified atom stereocenters. The molecule has 1 heterocycles. The lowest BCUT2D eigenvalue weighted by molar-refractivity contribution is -0.126. The fourth-order valence-electron chi connectivity index (χ4n) is 5.13. The number of rotatable bonds is 12. The van der Waals surface area contributed by atoms with E-state index in [9.17, 15) is 18.8 Å². The molecule has 1 aliphatic heterocycles. The number of carbonyl (C=O) groups excluding carboxylic acids is 3. The summed E-state index contributed by atoms with van der Waals surface area (Å²) in [5, 5.41) is 3.31. The van der Waals surface area contributed by atoms with E-state index in [1.807, 2.05) is 60.7 Å². The molecule has 7 nitrogen and oxygen atoms in total. The molecule has 51 heavy (non-hydrogen) atoms. The van der Waals surface area contributed by atoms with Crippen molar-refractivity contribution < 1.29 is 23.5 Å². The molecular weight excluding hydrogens is 753 g/mol. The predicted octanol–water partition coefficient (Wildman–Crippen LogP) is 9.21. The molecule has 0 aliphatic carbocycles. The predicted molar refractivity (Wildman–Crippen MR) is 206 cm³/mol. The zero-order valence-corrected chi connectivity index (χ0v) is 30.6. The van der Waals surface area contributed by atoms with Gasteiger partial charge < -0.3 is 10.1 Å². The molecule has 0 atom stereocenters. The number of amides is 3. The number of carbonyl (C=O) groups is 3. The Labute approximate surface area is 313 Å². The maximum absolute atomic E-state index is 14.1. The number of halogens is 3. The van der Waals surface area contributed by atoms with Gasteiger partial charge in [0.05, 0.1) is 21.3 Å². The van der Waals surface area contributed by atoms with Crippen molar-refractivity contribution in [2.45, 2.75) is 19.6 Å². The normalized spacial score (nSPS) is 14.3. The standard InChI is InChI=1S/C40H32BrClFN3O4S/c1-3-5-19-30(4-2)46-39(49)31(21-26-22-32(41)37(33(42)23-26)50-24-29-18-12-13-20-34(29)43)38(48)45-40(46)51-25-35(47)44-36(27-14-8-6-9-15-27)28-16-10-7-11-17-28/h3-23,36H,1,24-25H2,2H3,(H,44,47)/b19-5-,30-4+,31-21+. The SMILES string of the molecule is C=C/C=C\C(=C/C)N1C(=O)/C(=C/c2cc(Cl)c(OCc3ccccc3F)c(Br)c2)C(=O)N=C1SCC(=O)NC(c1ccccc1)c1ccccc1. The minimum atomic E-state index is -0.777. The van der Waals surface area contributed by atoms with Crippen molar-refractivity contribution in [3.8, 4) is 5.75 Å². The van der Waals surface area contributed by atoms with E-state index in [4.69, 9.17) is 16.3 Å². The lowest BCUT2D eigenvalue weighted by atomic mass is 9.99. The highest BCUT2D eigenvalue weighted by atomic mass is 79.9. The first-order valence-electron chi connectivity index (χ1n) is 15.7. The monoisotopic (exact) mass is 783 g/mol. The van der Waals surface area contributed by atoms with Crippen LogP contribution in [0.2, 0.25) is 5.02 Å². The fourth-order valence-corrected chi connectivity index (χ4v) is 6.92. The Morgan fingerprint density at radius 2 is 1.69 bits per heavy atom. The summed E-state index contributed by atoms with van der Waals surface area (Å²) in [7, 11) is 0. The Morgan fingerprint density at radius 3 is 2.29 bits per heavy atom. The third-order valence-corrected chi connectivity index (χ3v) is 9.38. The first-order chi connectivity index (χ1) is 24.7. The Hall–Kier alpha value is -5.03. The number of hydrogen-bond acceptors (Lipinski definition) is 5. The number of thioether (sulfide) groups is 1. The molecule has 1 aliphatic rings. The van der Waals surface area contributed by atoms with Crippen molar-refractivity contribution in [2.75, 3.05) is 5.75 Å². The van der Waals surface area contributed by atoms with E-state index >= 15 is 0 Å². The third-order valence-electron chi connectivity index (χ3n) is 7.57. The van der Waals surface area contributed by atoms with Crippen molar-refractivity contribution in [2.24, 2.45) is 4.99 Å². The van der Waals surface area contributed by atoms with Gasteiger partial charge in [-0.05, 0) is 69.9 Å². The molecule has 0 aromatic heterocycles. The maximum Gasteiger partial charge on any atom is 0.285 e. The first kappa shape index (κ1) is 37.2. The number of nitrogens with one attached hydrogen (secondary N) is 1. The van der Waals surface area contributed by atoms with Crippen LogP contribution in [0.5, 0.6) is 5.75 Å². The molecule has 0 saturated heterocycles. The molecule has 4 aromatic rings. The van der Waals surface area contributed by atoms with Gasteiger partial charge in [-0.1, -0.05) is 127 Å². The van der Waals surface area contributed by atoms with Gasteiger partial charge in [0.15, 0.2) is 10.9 Å². The van der Waals surface area contributed by atoms with Gasteiger partial charge in [0, 0.05) is 11.3 Å². The average Bonchev–Trinajstić information content (AvgIpc) is 3.13. The Balaban J connectivity index is 1.39. The summed E-state index contributed by atoms with van der Waals surface area (Å²) in [6.07, 6.45) is 7.95. The van der Waals surface area contributed by atoms with Crippen LogP contribution in [0.25, 0.3) is 6.08 Å². The van der Waals surface area contributed by atoms with Gasteiger partial charge in [0.1, 0.15) is 18.0 Å². The number of allylic oxidation sites excluding steroid dienone is 4. The van der Waals surface area contributed by atoms with Crippen LogP contribution in [0.3, 0.4) is 0 Å². The van der Waals surface area contributed by atoms with Crippen LogP contribution in [0.15, 0.2) is 149 Å². The van der Waals surface area contributed by atoms with Crippen LogP contribution in [0, 0.1) is 5.82 Å². The van der Waals surface area contributed by atoms with E-state index in [0.717, 1.165) is 22.9 Å². The summed E-state index contributed by atoms with van der Waals surface area (Å²) in [6, 6.07) is 28.2. The van der Waals surface area contributed by atoms with Crippen LogP contribution in [0.1, 0.15) is 35.2 Å². The smallest absolute Gasteiger partial charge is 0.285 e. The third kappa shape index (κ3) is 9.40. The molecule has 0 fully saturated rings. The van der Waals surface area contributed by atoms with Crippen molar-refractivity contribution in [3.05, 3.63) is 177 Å². The van der Waals surface area contributed by atoms with Crippen molar-refractivity contribution >= 4 is 68.3 Å². The van der Waals surface area contributed by atoms with Crippen LogP contribution in [-0.4, -0.2) is 33.5 Å². The van der Waals surface area contributed by atoms with Gasteiger partial charge >= 0.3 is 0 Å². The molecule has 0 saturated carbocycles. The fraction of sp³-hybridized carbons (Fsp3) is 0.100. The summed E-state index contributed by atoms with van der Waals surface area (Å²) in [6.45, 7) is 5.39. The summed E-state index contributed by atoms with van der Waals surface area (Å²) in [4.78, 5) is 46.4. The van der Waals surface area contributed by atoms with Gasteiger partial charge in [0.2, 0.25) is 5.91 Å². The highest BCUT2D eigenvalue weighted by Crippen LogP contribution is 2.36. The topological polar surface area (TPSA) is 88.1 Å². The molecule has 258 valence electrons. The first-order valence-corrected chi connectivity index (χ1v) is 17.9. The molecular formula is C40H32BrClFN3O4S. The van der Waals surface area contributed by atoms with Crippen molar-refractivity contribution in [1.29, 1.82) is 0 Å². The Kier molecular flexibility index (Phi) is 13.0. The molecule has 5 rings (SSSR count). The molecule has 0 spiro atoms. The summed E-state index contributed by atoms with van der Waals surface area (Å²) in [5.74, 6) is -1.99. The molecule has 3 amide bonds. The summed E-state index contributed by atoms with van der Waals surface area (Å²) < 4.78 is 20.4. The maximum atomic E-state index is 14.1. The number of hydrogen-bond donors (Lipinski definition) is 1. The van der Waals surface area contributed by atoms with E-state index in [0.29, 0.717) is 21.3 Å². The lowest BCUT2D eigenvalue weighted by Gasteiger charge is -2.28. The molecule has 0 radical (unpaired) electrons. The number of aliphatic imine (C=N–C) groups is 1. The highest BCUT2D eigenvalue weighted by Gasteiger charge is 2.35. The zero-order chi connectivity index (χ0) is 36.3. The van der Waals surface area contributed by atoms with E-state index < -0.39 is 23.7 Å². The minimum absolute atomic E-state index is 0.0474. The lowest BCUT2D eigenvalue weighted by Crippen LogP contribution is -2.42. The molecule has 11 heteroatoms. The van der Waals surface area contributed by atoms with Crippen LogP contribution in [0.4, 0.5) is 4.39 Å². The summed E-state index contributed by atoms with van der Waals surface area (Å²) >= 11 is 11.0. The van der Waals surface area contributed by atoms with Gasteiger partial charge in [-0.15, -0.1) is 0 Å². The minimum Gasteiger partial charge on any atom is -0.486 e. The molecule has 1 N–H and O–H groups in total. The second-order valence-electron chi connectivity index (χ2n) is 11.0. The van der Waals surface area contributed by atoms with E-state index in [1.54, 1.807) is 55.5 Å². The Bertz CT molecular complexity index is 2010. The van der Waals surface area contributed by atoms with Crippen molar-refractivity contribution in [3.63, 3.8) is 0 Å². The van der Waals surface area contributed by atoms with Crippen LogP contribution >= 0.6 is 39.3 Å². The quantitative estimate of drug-likeness (QED) is 0.0880. The number of ether oxygens (including phenoxy) is 1. The molecule has 0 bridgehead atoms. The second kappa shape index (κ2) is 17.8. The number of nitrogens with zero attached hydrogens (tertiary/aromatic N) is 2. The van der Waals surface area contributed by atoms with Crippen LogP contribution < -0.4 is 10.1 Å². The zero-order valence-electron chi connectivity index (χ0n) is 27.4. The highest BCUT2D eigenvalue weighted by molar-refractivity contribution is 9.10. The average molecular weight is 785 g/mol. The van der Waals surface area contributed by atoms with Gasteiger partial charge in [-0.3, -0.25) is 19.3 Å². The van der Waals surface area contributed by atoms with E-state index in [1.165, 1.54) is 23.1 Å². The van der Waals surface area contributed by atoms with Gasteiger partial charge in [-0.25, -0.2) is 4.39 Å². The number of benzene rings is 4. The van der Waals surface area contributed by atoms with Gasteiger partial charge in [-0.2, -0.15) is 4.99 Å². The van der Waals surface area contributed by atoms with Crippen molar-refractivity contribution in [1.82, 2.24) is 10.2 Å².